The van der Waals surface area contributed by atoms with Gasteiger partial charge in [0, 0.05) is 24.0 Å². The zero-order chi connectivity index (χ0) is 26.0. The zero-order valence-corrected chi connectivity index (χ0v) is 22.0. The lowest BCUT2D eigenvalue weighted by molar-refractivity contribution is 0.352. The first kappa shape index (κ1) is 25.8. The summed E-state index contributed by atoms with van der Waals surface area (Å²) in [6.45, 7) is 4.04. The second-order valence-corrected chi connectivity index (χ2v) is 8.76. The molecule has 0 amide bonds. The van der Waals surface area contributed by atoms with Gasteiger partial charge >= 0.3 is 0 Å². The molecule has 0 atom stereocenters. The van der Waals surface area contributed by atoms with Gasteiger partial charge in [0.15, 0.2) is 23.0 Å². The first-order valence-corrected chi connectivity index (χ1v) is 12.6. The second kappa shape index (κ2) is 12.6. The third-order valence-corrected chi connectivity index (χ3v) is 6.29. The van der Waals surface area contributed by atoms with Crippen LogP contribution in [0.2, 0.25) is 0 Å². The summed E-state index contributed by atoms with van der Waals surface area (Å²) in [5, 5.41) is 0. The molecule has 0 unspecified atom stereocenters. The van der Waals surface area contributed by atoms with E-state index in [-0.39, 0.29) is 0 Å². The third-order valence-electron chi connectivity index (χ3n) is 6.29. The van der Waals surface area contributed by atoms with Crippen LogP contribution in [0.1, 0.15) is 47.2 Å². The molecule has 0 N–H and O–H groups in total. The van der Waals surface area contributed by atoms with Crippen molar-refractivity contribution in [2.45, 2.75) is 26.7 Å². The highest BCUT2D eigenvalue weighted by atomic mass is 16.5. The average molecular weight is 491 g/mol. The fourth-order valence-corrected chi connectivity index (χ4v) is 4.61. The molecule has 0 aliphatic rings. The van der Waals surface area contributed by atoms with Crippen molar-refractivity contribution in [2.24, 2.45) is 0 Å². The highest BCUT2D eigenvalue weighted by Gasteiger charge is 2.20. The predicted molar refractivity (Wildman–Crippen MR) is 154 cm³/mol. The van der Waals surface area contributed by atoms with Crippen LogP contribution in [0.4, 0.5) is 0 Å². The van der Waals surface area contributed by atoms with Crippen molar-refractivity contribution in [1.82, 2.24) is 0 Å². The molecule has 4 rings (SSSR count). The molecule has 0 aliphatic carbocycles. The maximum absolute atomic E-state index is 6.55. The second-order valence-electron chi connectivity index (χ2n) is 8.76. The molecule has 37 heavy (non-hydrogen) atoms. The third kappa shape index (κ3) is 6.13. The predicted octanol–water partition coefficient (Wildman–Crippen LogP) is 8.74. The average Bonchev–Trinajstić information content (AvgIpc) is 2.93. The summed E-state index contributed by atoms with van der Waals surface area (Å²) in [6.07, 6.45) is 9.77. The number of allylic oxidation sites excluding steroid dienone is 2. The maximum Gasteiger partial charge on any atom is 0.169 e. The van der Waals surface area contributed by atoms with Crippen LogP contribution in [0.25, 0.3) is 12.2 Å². The van der Waals surface area contributed by atoms with E-state index in [0.717, 1.165) is 46.6 Å². The van der Waals surface area contributed by atoms with Gasteiger partial charge in [0.05, 0.1) is 14.2 Å². The Morgan fingerprint density at radius 1 is 0.541 bits per heavy atom. The van der Waals surface area contributed by atoms with Gasteiger partial charge in [0.1, 0.15) is 0 Å². The Balaban J connectivity index is 1.79. The van der Waals surface area contributed by atoms with Crippen LogP contribution in [-0.4, -0.2) is 14.2 Å². The number of rotatable bonds is 10. The van der Waals surface area contributed by atoms with Crippen molar-refractivity contribution in [1.29, 1.82) is 0 Å². The molecular formula is C34H34O3. The maximum atomic E-state index is 6.55. The van der Waals surface area contributed by atoms with Gasteiger partial charge in [-0.1, -0.05) is 97.1 Å². The standard InChI is InChI=1S/C34H34O3/c1-5-13-27-19-21-31(33(35-3)29(27)23-25-15-9-7-10-16-25)37-32-22-20-28(14-6-2)30(34(32)36-4)24-26-17-11-8-12-18-26/h5-22H,23-24H2,1-4H3. The SMILES string of the molecule is CC=Cc1ccc(Oc2ccc(C=CC)c(Cc3ccccc3)c2OC)c(OC)c1Cc1ccccc1. The Kier molecular flexibility index (Phi) is 8.83. The number of hydrogen-bond donors (Lipinski definition) is 0. The molecule has 0 saturated heterocycles. The molecule has 188 valence electrons. The first-order chi connectivity index (χ1) is 18.2. The minimum absolute atomic E-state index is 0.657. The van der Waals surface area contributed by atoms with Gasteiger partial charge < -0.3 is 14.2 Å². The zero-order valence-electron chi connectivity index (χ0n) is 22.0. The van der Waals surface area contributed by atoms with Crippen LogP contribution in [0, 0.1) is 0 Å². The lowest BCUT2D eigenvalue weighted by atomic mass is 9.97. The normalized spacial score (nSPS) is 11.2. The quantitative estimate of drug-likeness (QED) is 0.222. The Bertz CT molecular complexity index is 1260. The largest absolute Gasteiger partial charge is 0.493 e. The molecule has 0 heterocycles. The summed E-state index contributed by atoms with van der Waals surface area (Å²) in [5.74, 6) is 2.76. The molecule has 0 aromatic heterocycles. The summed E-state index contributed by atoms with van der Waals surface area (Å²) in [5.41, 5.74) is 6.80. The van der Waals surface area contributed by atoms with Crippen molar-refractivity contribution in [3.63, 3.8) is 0 Å². The van der Waals surface area contributed by atoms with E-state index in [9.17, 15) is 0 Å². The summed E-state index contributed by atoms with van der Waals surface area (Å²) in [7, 11) is 3.40. The van der Waals surface area contributed by atoms with Gasteiger partial charge in [0.25, 0.3) is 0 Å². The van der Waals surface area contributed by atoms with Gasteiger partial charge in [-0.15, -0.1) is 0 Å². The van der Waals surface area contributed by atoms with Crippen molar-refractivity contribution in [3.8, 4) is 23.0 Å². The van der Waals surface area contributed by atoms with Crippen molar-refractivity contribution in [2.75, 3.05) is 14.2 Å². The molecule has 0 fully saturated rings. The van der Waals surface area contributed by atoms with Crippen molar-refractivity contribution >= 4 is 12.2 Å². The topological polar surface area (TPSA) is 27.7 Å². The Labute approximate surface area is 220 Å². The highest BCUT2D eigenvalue weighted by Crippen LogP contribution is 2.43. The van der Waals surface area contributed by atoms with Crippen molar-refractivity contribution < 1.29 is 14.2 Å². The molecule has 3 nitrogen and oxygen atoms in total. The highest BCUT2D eigenvalue weighted by molar-refractivity contribution is 5.66. The molecule has 4 aromatic carbocycles. The fourth-order valence-electron chi connectivity index (χ4n) is 4.61. The summed E-state index contributed by atoms with van der Waals surface area (Å²) in [4.78, 5) is 0. The Morgan fingerprint density at radius 3 is 1.30 bits per heavy atom. The summed E-state index contributed by atoms with van der Waals surface area (Å²) >= 11 is 0. The van der Waals surface area contributed by atoms with E-state index in [1.807, 2.05) is 50.3 Å². The molecule has 0 saturated carbocycles. The van der Waals surface area contributed by atoms with Gasteiger partial charge in [-0.25, -0.2) is 0 Å². The van der Waals surface area contributed by atoms with Gasteiger partial charge in [-0.2, -0.15) is 0 Å². The van der Waals surface area contributed by atoms with E-state index < -0.39 is 0 Å². The van der Waals surface area contributed by atoms with Crippen LogP contribution in [0.15, 0.2) is 97.1 Å². The van der Waals surface area contributed by atoms with Gasteiger partial charge in [-0.05, 0) is 48.2 Å². The smallest absolute Gasteiger partial charge is 0.169 e. The molecule has 3 heteroatoms. The number of hydrogen-bond acceptors (Lipinski definition) is 3. The van der Waals surface area contributed by atoms with E-state index >= 15 is 0 Å². The minimum Gasteiger partial charge on any atom is -0.493 e. The molecule has 0 radical (unpaired) electrons. The minimum atomic E-state index is 0.657. The molecule has 0 aliphatic heterocycles. The monoisotopic (exact) mass is 490 g/mol. The van der Waals surface area contributed by atoms with Gasteiger partial charge in [-0.3, -0.25) is 0 Å². The molecule has 0 bridgehead atoms. The lowest BCUT2D eigenvalue weighted by Crippen LogP contribution is -2.02. The van der Waals surface area contributed by atoms with Crippen LogP contribution in [0.3, 0.4) is 0 Å². The molecule has 0 spiro atoms. The number of benzene rings is 4. The van der Waals surface area contributed by atoms with Crippen LogP contribution in [-0.2, 0) is 12.8 Å². The summed E-state index contributed by atoms with van der Waals surface area (Å²) < 4.78 is 18.5. The van der Waals surface area contributed by atoms with Crippen LogP contribution < -0.4 is 14.2 Å². The summed E-state index contributed by atoms with van der Waals surface area (Å²) in [6, 6.07) is 28.9. The van der Waals surface area contributed by atoms with E-state index in [2.05, 4.69) is 72.8 Å². The molecule has 4 aromatic rings. The first-order valence-electron chi connectivity index (χ1n) is 12.6. The van der Waals surface area contributed by atoms with E-state index in [4.69, 9.17) is 14.2 Å². The Hall–Kier alpha value is -4.24. The number of ether oxygens (including phenoxy) is 3. The lowest BCUT2D eigenvalue weighted by Gasteiger charge is -2.20. The van der Waals surface area contributed by atoms with E-state index in [1.54, 1.807) is 14.2 Å². The van der Waals surface area contributed by atoms with E-state index in [0.29, 0.717) is 11.5 Å². The van der Waals surface area contributed by atoms with Crippen LogP contribution >= 0.6 is 0 Å². The number of methoxy groups -OCH3 is 2. The molecular weight excluding hydrogens is 456 g/mol. The Morgan fingerprint density at radius 2 is 0.946 bits per heavy atom. The van der Waals surface area contributed by atoms with Gasteiger partial charge in [0.2, 0.25) is 0 Å². The van der Waals surface area contributed by atoms with Crippen molar-refractivity contribution in [3.05, 3.63) is 130 Å². The van der Waals surface area contributed by atoms with Crippen LogP contribution in [0.5, 0.6) is 23.0 Å². The van der Waals surface area contributed by atoms with E-state index in [1.165, 1.54) is 11.1 Å². The fraction of sp³-hybridized carbons (Fsp3) is 0.176.